The van der Waals surface area contributed by atoms with Crippen molar-refractivity contribution in [2.75, 3.05) is 0 Å². The van der Waals surface area contributed by atoms with Crippen LogP contribution < -0.4 is 4.74 Å². The molecule has 0 N–H and O–H groups in total. The fraction of sp³-hybridized carbons (Fsp3) is 0.217. The molecule has 0 radical (unpaired) electrons. The Kier molecular flexibility index (Phi) is 4.08. The van der Waals surface area contributed by atoms with Crippen molar-refractivity contribution in [1.82, 2.24) is 0 Å². The van der Waals surface area contributed by atoms with E-state index in [9.17, 15) is 9.59 Å². The van der Waals surface area contributed by atoms with Gasteiger partial charge in [0.25, 0.3) is 0 Å². The molecule has 0 unspecified atom stereocenters. The molecule has 3 heteroatoms. The largest absolute Gasteiger partial charge is 0.425 e. The van der Waals surface area contributed by atoms with Gasteiger partial charge in [-0.25, -0.2) is 0 Å². The summed E-state index contributed by atoms with van der Waals surface area (Å²) < 4.78 is 5.74. The number of benzene rings is 3. The highest BCUT2D eigenvalue weighted by atomic mass is 16.5. The number of hydrogen-bond donors (Lipinski definition) is 0. The number of rotatable bonds is 3. The quantitative estimate of drug-likeness (QED) is 0.506. The lowest BCUT2D eigenvalue weighted by molar-refractivity contribution is -0.142. The zero-order chi connectivity index (χ0) is 18.3. The van der Waals surface area contributed by atoms with Gasteiger partial charge in [-0.15, -0.1) is 0 Å². The van der Waals surface area contributed by atoms with Crippen LogP contribution >= 0.6 is 0 Å². The highest BCUT2D eigenvalue weighted by Crippen LogP contribution is 2.46. The lowest BCUT2D eigenvalue weighted by Gasteiger charge is -2.32. The Labute approximate surface area is 152 Å². The first-order valence-electron chi connectivity index (χ1n) is 8.84. The van der Waals surface area contributed by atoms with Gasteiger partial charge in [0.05, 0.1) is 5.92 Å². The predicted octanol–water partition coefficient (Wildman–Crippen LogP) is 4.79. The summed E-state index contributed by atoms with van der Waals surface area (Å²) in [5, 5.41) is 1.96. The Bertz CT molecular complexity index is 1000. The molecule has 130 valence electrons. The van der Waals surface area contributed by atoms with Crippen molar-refractivity contribution in [3.8, 4) is 5.75 Å². The summed E-state index contributed by atoms with van der Waals surface area (Å²) in [5.74, 6) is -0.384. The Balaban J connectivity index is 1.94. The van der Waals surface area contributed by atoms with Crippen molar-refractivity contribution in [3.63, 3.8) is 0 Å². The number of aryl methyl sites for hydroxylation is 1. The van der Waals surface area contributed by atoms with Crippen molar-refractivity contribution in [2.24, 2.45) is 5.92 Å². The number of carbonyl (C=O) groups is 2. The van der Waals surface area contributed by atoms with Crippen molar-refractivity contribution in [3.05, 3.63) is 77.4 Å². The fourth-order valence-electron chi connectivity index (χ4n) is 3.84. The summed E-state index contributed by atoms with van der Waals surface area (Å²) >= 11 is 0. The van der Waals surface area contributed by atoms with Crippen molar-refractivity contribution in [1.29, 1.82) is 0 Å². The highest BCUT2D eigenvalue weighted by Gasteiger charge is 2.39. The van der Waals surface area contributed by atoms with E-state index in [0.29, 0.717) is 5.75 Å². The van der Waals surface area contributed by atoms with E-state index in [1.54, 1.807) is 0 Å². The van der Waals surface area contributed by atoms with Crippen LogP contribution in [0, 0.1) is 12.8 Å². The minimum atomic E-state index is -0.496. The molecule has 0 saturated carbocycles. The second-order valence-corrected chi connectivity index (χ2v) is 7.03. The smallest absolute Gasteiger partial charge is 0.315 e. The van der Waals surface area contributed by atoms with Crippen molar-refractivity contribution >= 4 is 22.5 Å². The summed E-state index contributed by atoms with van der Waals surface area (Å²) in [6, 6.07) is 20.2. The van der Waals surface area contributed by atoms with Gasteiger partial charge in [0.2, 0.25) is 0 Å². The molecule has 3 aromatic carbocycles. The van der Waals surface area contributed by atoms with Gasteiger partial charge in [-0.3, -0.25) is 4.79 Å². The van der Waals surface area contributed by atoms with Crippen LogP contribution in [0.1, 0.15) is 36.0 Å². The Morgan fingerprint density at radius 2 is 1.73 bits per heavy atom. The van der Waals surface area contributed by atoms with Crippen LogP contribution in [0.2, 0.25) is 0 Å². The monoisotopic (exact) mass is 344 g/mol. The molecule has 0 amide bonds. The standard InChI is InChI=1S/C23H20O3/c1-14-7-9-17(10-8-14)21-19-12-11-16-5-3-4-6-18(16)22(19)26-23(25)20(21)13-15(2)24/h3-12,20-21H,13H2,1-2H3/t20-,21-/m0/s1. The van der Waals surface area contributed by atoms with Crippen molar-refractivity contribution < 1.29 is 14.3 Å². The molecule has 0 saturated heterocycles. The van der Waals surface area contributed by atoms with Crippen LogP contribution in [0.5, 0.6) is 5.75 Å². The maximum Gasteiger partial charge on any atom is 0.315 e. The summed E-state index contributed by atoms with van der Waals surface area (Å²) in [7, 11) is 0. The van der Waals surface area contributed by atoms with Crippen LogP contribution in [-0.4, -0.2) is 11.8 Å². The third-order valence-electron chi connectivity index (χ3n) is 5.10. The number of Topliss-reactive ketones (excluding diaryl/α,β-unsaturated/α-hetero) is 1. The molecule has 0 bridgehead atoms. The highest BCUT2D eigenvalue weighted by molar-refractivity contribution is 5.95. The average Bonchev–Trinajstić information content (AvgIpc) is 2.63. The fourth-order valence-corrected chi connectivity index (χ4v) is 3.84. The second kappa shape index (κ2) is 6.41. The molecule has 2 atom stereocenters. The van der Waals surface area contributed by atoms with E-state index in [-0.39, 0.29) is 24.1 Å². The number of esters is 1. The lowest BCUT2D eigenvalue weighted by Crippen LogP contribution is -2.33. The van der Waals surface area contributed by atoms with Gasteiger partial charge in [-0.1, -0.05) is 66.2 Å². The molecule has 0 aromatic heterocycles. The molecule has 0 fully saturated rings. The number of hydrogen-bond acceptors (Lipinski definition) is 3. The van der Waals surface area contributed by atoms with Gasteiger partial charge in [-0.2, -0.15) is 0 Å². The third-order valence-corrected chi connectivity index (χ3v) is 5.10. The molecule has 1 aliphatic rings. The molecule has 26 heavy (non-hydrogen) atoms. The molecule has 3 nitrogen and oxygen atoms in total. The number of ether oxygens (including phenoxy) is 1. The first kappa shape index (κ1) is 16.5. The average molecular weight is 344 g/mol. The van der Waals surface area contributed by atoms with Crippen LogP contribution in [-0.2, 0) is 9.59 Å². The minimum absolute atomic E-state index is 0.00620. The maximum atomic E-state index is 12.8. The van der Waals surface area contributed by atoms with E-state index >= 15 is 0 Å². The zero-order valence-electron chi connectivity index (χ0n) is 14.9. The summed E-state index contributed by atoms with van der Waals surface area (Å²) in [5.41, 5.74) is 3.17. The van der Waals surface area contributed by atoms with Gasteiger partial charge < -0.3 is 9.53 Å². The molecule has 1 heterocycles. The molecular weight excluding hydrogens is 324 g/mol. The van der Waals surface area contributed by atoms with E-state index in [4.69, 9.17) is 4.74 Å². The van der Waals surface area contributed by atoms with Crippen molar-refractivity contribution in [2.45, 2.75) is 26.2 Å². The number of ketones is 1. The van der Waals surface area contributed by atoms with E-state index in [2.05, 4.69) is 6.07 Å². The maximum absolute atomic E-state index is 12.8. The Morgan fingerprint density at radius 3 is 2.46 bits per heavy atom. The number of fused-ring (bicyclic) bond motifs is 3. The Morgan fingerprint density at radius 1 is 1.00 bits per heavy atom. The van der Waals surface area contributed by atoms with Gasteiger partial charge in [0, 0.05) is 23.3 Å². The zero-order valence-corrected chi connectivity index (χ0v) is 14.9. The Hall–Kier alpha value is -2.94. The minimum Gasteiger partial charge on any atom is -0.425 e. The topological polar surface area (TPSA) is 43.4 Å². The summed E-state index contributed by atoms with van der Waals surface area (Å²) in [6.45, 7) is 3.56. The number of carbonyl (C=O) groups excluding carboxylic acids is 2. The predicted molar refractivity (Wildman–Crippen MR) is 101 cm³/mol. The second-order valence-electron chi connectivity index (χ2n) is 7.03. The van der Waals surface area contributed by atoms with E-state index in [0.717, 1.165) is 27.5 Å². The van der Waals surface area contributed by atoms with Crippen LogP contribution in [0.3, 0.4) is 0 Å². The molecule has 4 rings (SSSR count). The summed E-state index contributed by atoms with van der Waals surface area (Å²) in [6.07, 6.45) is 0.184. The lowest BCUT2D eigenvalue weighted by atomic mass is 9.76. The van der Waals surface area contributed by atoms with Gasteiger partial charge in [0.15, 0.2) is 0 Å². The first-order chi connectivity index (χ1) is 12.5. The van der Waals surface area contributed by atoms with Gasteiger partial charge in [-0.05, 0) is 24.8 Å². The van der Waals surface area contributed by atoms with E-state index in [1.807, 2.05) is 61.5 Å². The summed E-state index contributed by atoms with van der Waals surface area (Å²) in [4.78, 5) is 24.6. The SMILES string of the molecule is CC(=O)C[C@@H]1C(=O)Oc2c(ccc3ccccc23)[C@@H]1c1ccc(C)cc1. The van der Waals surface area contributed by atoms with E-state index in [1.165, 1.54) is 6.92 Å². The van der Waals surface area contributed by atoms with Crippen LogP contribution in [0.25, 0.3) is 10.8 Å². The molecule has 0 spiro atoms. The first-order valence-corrected chi connectivity index (χ1v) is 8.84. The normalized spacial score (nSPS) is 19.1. The molecular formula is C23H20O3. The van der Waals surface area contributed by atoms with Gasteiger partial charge >= 0.3 is 5.97 Å². The van der Waals surface area contributed by atoms with Gasteiger partial charge in [0.1, 0.15) is 11.5 Å². The van der Waals surface area contributed by atoms with Crippen LogP contribution in [0.15, 0.2) is 60.7 Å². The molecule has 1 aliphatic heterocycles. The molecule has 0 aliphatic carbocycles. The molecule has 3 aromatic rings. The third kappa shape index (κ3) is 2.80. The van der Waals surface area contributed by atoms with E-state index < -0.39 is 5.92 Å². The van der Waals surface area contributed by atoms with Crippen LogP contribution in [0.4, 0.5) is 0 Å².